The summed E-state index contributed by atoms with van der Waals surface area (Å²) in [6, 6.07) is 0.443. The van der Waals surface area contributed by atoms with Crippen LogP contribution in [0.3, 0.4) is 0 Å². The molecule has 2 bridgehead atoms. The fourth-order valence-corrected chi connectivity index (χ4v) is 5.64. The van der Waals surface area contributed by atoms with E-state index in [2.05, 4.69) is 10.6 Å². The second-order valence-electron chi connectivity index (χ2n) is 7.59. The standard InChI is InChI=1S/C17H28N2O2/c20-17(10-21-12-4-6-18-7-5-12)19-16-9-11-8-15(16)14-3-1-2-13(11)14/h11-16,18H,1-10H2,(H,19,20). The largest absolute Gasteiger partial charge is 0.368 e. The minimum atomic E-state index is 0.112. The van der Waals surface area contributed by atoms with Crippen LogP contribution in [0.1, 0.15) is 44.9 Å². The molecule has 0 aromatic heterocycles. The Morgan fingerprint density at radius 1 is 1.05 bits per heavy atom. The predicted molar refractivity (Wildman–Crippen MR) is 80.8 cm³/mol. The third-order valence-corrected chi connectivity index (χ3v) is 6.51. The second kappa shape index (κ2) is 5.88. The van der Waals surface area contributed by atoms with Gasteiger partial charge in [0.15, 0.2) is 0 Å². The number of hydrogen-bond donors (Lipinski definition) is 2. The van der Waals surface area contributed by atoms with Crippen LogP contribution in [0.2, 0.25) is 0 Å². The van der Waals surface area contributed by atoms with E-state index in [1.807, 2.05) is 0 Å². The summed E-state index contributed by atoms with van der Waals surface area (Å²) in [5.74, 6) is 3.69. The Morgan fingerprint density at radius 3 is 2.71 bits per heavy atom. The number of hydrogen-bond acceptors (Lipinski definition) is 3. The molecule has 5 unspecified atom stereocenters. The molecule has 3 saturated carbocycles. The highest BCUT2D eigenvalue weighted by Crippen LogP contribution is 2.58. The molecular formula is C17H28N2O2. The Balaban J connectivity index is 1.24. The lowest BCUT2D eigenvalue weighted by Crippen LogP contribution is -2.44. The minimum absolute atomic E-state index is 0.112. The number of carbonyl (C=O) groups excluding carboxylic acids is 1. The summed E-state index contributed by atoms with van der Waals surface area (Å²) < 4.78 is 5.77. The number of rotatable bonds is 4. The Morgan fingerprint density at radius 2 is 1.86 bits per heavy atom. The number of carbonyl (C=O) groups is 1. The van der Waals surface area contributed by atoms with Crippen LogP contribution in [0.5, 0.6) is 0 Å². The summed E-state index contributed by atoms with van der Waals surface area (Å²) in [6.07, 6.45) is 9.21. The normalized spacial score (nSPS) is 42.2. The van der Waals surface area contributed by atoms with Crippen molar-refractivity contribution in [2.24, 2.45) is 23.7 Å². The molecule has 1 saturated heterocycles. The predicted octanol–water partition coefficient (Wildman–Crippen LogP) is 1.70. The van der Waals surface area contributed by atoms with Crippen molar-refractivity contribution >= 4 is 5.91 Å². The van der Waals surface area contributed by atoms with Gasteiger partial charge in [0.2, 0.25) is 5.91 Å². The van der Waals surface area contributed by atoms with Gasteiger partial charge in [-0.25, -0.2) is 0 Å². The summed E-state index contributed by atoms with van der Waals surface area (Å²) in [5, 5.41) is 6.60. The van der Waals surface area contributed by atoms with Gasteiger partial charge in [-0.15, -0.1) is 0 Å². The Kier molecular flexibility index (Phi) is 3.92. The van der Waals surface area contributed by atoms with E-state index in [-0.39, 0.29) is 18.6 Å². The first-order chi connectivity index (χ1) is 10.3. The van der Waals surface area contributed by atoms with Gasteiger partial charge >= 0.3 is 0 Å². The van der Waals surface area contributed by atoms with Gasteiger partial charge in [0.1, 0.15) is 6.61 Å². The molecule has 21 heavy (non-hydrogen) atoms. The van der Waals surface area contributed by atoms with Crippen LogP contribution in [-0.4, -0.2) is 37.7 Å². The van der Waals surface area contributed by atoms with Crippen LogP contribution in [0.15, 0.2) is 0 Å². The SMILES string of the molecule is O=C(COC1CCNCC1)NC1CC2CC1C1CCCC21. The van der Waals surface area contributed by atoms with Gasteiger partial charge in [-0.1, -0.05) is 6.42 Å². The van der Waals surface area contributed by atoms with Crippen molar-refractivity contribution in [1.29, 1.82) is 0 Å². The van der Waals surface area contributed by atoms with Crippen LogP contribution < -0.4 is 10.6 Å². The molecule has 4 rings (SSSR count). The maximum atomic E-state index is 12.2. The van der Waals surface area contributed by atoms with Crippen molar-refractivity contribution in [3.63, 3.8) is 0 Å². The van der Waals surface area contributed by atoms with Gasteiger partial charge in [0, 0.05) is 6.04 Å². The molecule has 118 valence electrons. The molecule has 4 aliphatic rings. The van der Waals surface area contributed by atoms with E-state index in [4.69, 9.17) is 4.74 Å². The van der Waals surface area contributed by atoms with Crippen LogP contribution >= 0.6 is 0 Å². The highest BCUT2D eigenvalue weighted by Gasteiger charge is 2.53. The third-order valence-electron chi connectivity index (χ3n) is 6.51. The van der Waals surface area contributed by atoms with Gasteiger partial charge in [-0.3, -0.25) is 4.79 Å². The zero-order valence-electron chi connectivity index (χ0n) is 12.9. The summed E-state index contributed by atoms with van der Waals surface area (Å²) in [6.45, 7) is 2.29. The zero-order valence-corrected chi connectivity index (χ0v) is 12.9. The van der Waals surface area contributed by atoms with Crippen molar-refractivity contribution in [3.05, 3.63) is 0 Å². The molecule has 1 heterocycles. The molecule has 5 atom stereocenters. The minimum Gasteiger partial charge on any atom is -0.368 e. The molecular weight excluding hydrogens is 264 g/mol. The lowest BCUT2D eigenvalue weighted by atomic mass is 9.79. The van der Waals surface area contributed by atoms with Gasteiger partial charge in [0.05, 0.1) is 6.10 Å². The Hall–Kier alpha value is -0.610. The first-order valence-electron chi connectivity index (χ1n) is 8.93. The van der Waals surface area contributed by atoms with Crippen molar-refractivity contribution < 1.29 is 9.53 Å². The second-order valence-corrected chi connectivity index (χ2v) is 7.59. The average Bonchev–Trinajstić information content (AvgIpc) is 3.18. The maximum absolute atomic E-state index is 12.2. The number of nitrogens with one attached hydrogen (secondary N) is 2. The summed E-state index contributed by atoms with van der Waals surface area (Å²) >= 11 is 0. The highest BCUT2D eigenvalue weighted by atomic mass is 16.5. The maximum Gasteiger partial charge on any atom is 0.246 e. The number of fused-ring (bicyclic) bond motifs is 5. The molecule has 1 aliphatic heterocycles. The molecule has 4 heteroatoms. The smallest absolute Gasteiger partial charge is 0.246 e. The number of ether oxygens (including phenoxy) is 1. The van der Waals surface area contributed by atoms with E-state index in [0.29, 0.717) is 6.04 Å². The lowest BCUT2D eigenvalue weighted by Gasteiger charge is -2.32. The highest BCUT2D eigenvalue weighted by molar-refractivity contribution is 5.77. The molecule has 4 fully saturated rings. The quantitative estimate of drug-likeness (QED) is 0.829. The van der Waals surface area contributed by atoms with E-state index in [1.54, 1.807) is 0 Å². The number of piperidine rings is 1. The monoisotopic (exact) mass is 292 g/mol. The molecule has 1 amide bonds. The fraction of sp³-hybridized carbons (Fsp3) is 0.941. The first kappa shape index (κ1) is 14.0. The van der Waals surface area contributed by atoms with Crippen LogP contribution in [0.4, 0.5) is 0 Å². The summed E-state index contributed by atoms with van der Waals surface area (Å²) in [7, 11) is 0. The molecule has 0 radical (unpaired) electrons. The third kappa shape index (κ3) is 2.72. The van der Waals surface area contributed by atoms with Crippen molar-refractivity contribution in [1.82, 2.24) is 10.6 Å². The Bertz CT molecular complexity index is 394. The number of amides is 1. The molecule has 0 spiro atoms. The van der Waals surface area contributed by atoms with Crippen LogP contribution in [0, 0.1) is 23.7 Å². The first-order valence-corrected chi connectivity index (χ1v) is 8.93. The topological polar surface area (TPSA) is 50.4 Å². The van der Waals surface area contributed by atoms with Crippen molar-refractivity contribution in [2.45, 2.75) is 57.1 Å². The molecule has 3 aliphatic carbocycles. The van der Waals surface area contributed by atoms with Crippen LogP contribution in [-0.2, 0) is 9.53 Å². The summed E-state index contributed by atoms with van der Waals surface area (Å²) in [5.41, 5.74) is 0. The molecule has 4 nitrogen and oxygen atoms in total. The van der Waals surface area contributed by atoms with Gasteiger partial charge in [-0.2, -0.15) is 0 Å². The molecule has 0 aromatic carbocycles. The van der Waals surface area contributed by atoms with E-state index in [1.165, 1.54) is 32.1 Å². The zero-order chi connectivity index (χ0) is 14.2. The van der Waals surface area contributed by atoms with E-state index in [0.717, 1.165) is 49.6 Å². The molecule has 0 aromatic rings. The lowest BCUT2D eigenvalue weighted by molar-refractivity contribution is -0.129. The van der Waals surface area contributed by atoms with Crippen molar-refractivity contribution in [3.8, 4) is 0 Å². The van der Waals surface area contributed by atoms with E-state index >= 15 is 0 Å². The fourth-order valence-electron chi connectivity index (χ4n) is 5.64. The van der Waals surface area contributed by atoms with E-state index < -0.39 is 0 Å². The van der Waals surface area contributed by atoms with E-state index in [9.17, 15) is 4.79 Å². The van der Waals surface area contributed by atoms with Gasteiger partial charge < -0.3 is 15.4 Å². The summed E-state index contributed by atoms with van der Waals surface area (Å²) in [4.78, 5) is 12.2. The average molecular weight is 292 g/mol. The van der Waals surface area contributed by atoms with Crippen LogP contribution in [0.25, 0.3) is 0 Å². The van der Waals surface area contributed by atoms with Crippen molar-refractivity contribution in [2.75, 3.05) is 19.7 Å². The molecule has 2 N–H and O–H groups in total. The van der Waals surface area contributed by atoms with Gasteiger partial charge in [-0.05, 0) is 75.3 Å². The van der Waals surface area contributed by atoms with Gasteiger partial charge in [0.25, 0.3) is 0 Å². The Labute approximate surface area is 127 Å².